The maximum absolute atomic E-state index is 13.3. The van der Waals surface area contributed by atoms with Crippen molar-refractivity contribution in [2.45, 2.75) is 44.6 Å². The zero-order chi connectivity index (χ0) is 25.7. The van der Waals surface area contributed by atoms with Crippen LogP contribution in [0.25, 0.3) is 0 Å². The maximum atomic E-state index is 13.3. The fourth-order valence-corrected chi connectivity index (χ4v) is 5.17. The molecule has 1 N–H and O–H groups in total. The van der Waals surface area contributed by atoms with Crippen molar-refractivity contribution in [1.82, 2.24) is 4.90 Å². The number of aromatic nitrogens is 1. The van der Waals surface area contributed by atoms with Crippen LogP contribution >= 0.6 is 11.6 Å². The summed E-state index contributed by atoms with van der Waals surface area (Å²) in [5.74, 6) is -1.36. The van der Waals surface area contributed by atoms with Gasteiger partial charge in [-0.05, 0) is 47.7 Å². The molecule has 2 heterocycles. The number of carbonyl (C=O) groups excluding carboxylic acids is 2. The van der Waals surface area contributed by atoms with Gasteiger partial charge < -0.3 is 5.21 Å². The van der Waals surface area contributed by atoms with Gasteiger partial charge in [-0.25, -0.2) is 8.42 Å². The molecule has 1 aromatic heterocycles. The molecule has 0 radical (unpaired) electrons. The molecule has 0 bridgehead atoms. The third-order valence-corrected chi connectivity index (χ3v) is 7.63. The van der Waals surface area contributed by atoms with Crippen LogP contribution in [0, 0.1) is 12.1 Å². The lowest BCUT2D eigenvalue weighted by molar-refractivity contribution is -0.606. The summed E-state index contributed by atoms with van der Waals surface area (Å²) in [5.41, 5.74) is 1.77. The lowest BCUT2D eigenvalue weighted by Crippen LogP contribution is -2.32. The number of anilines is 1. The Morgan fingerprint density at radius 1 is 1.00 bits per heavy atom. The third-order valence-electron chi connectivity index (χ3n) is 5.94. The number of fused-ring (bicyclic) bond motifs is 1. The van der Waals surface area contributed by atoms with Crippen molar-refractivity contribution in [3.05, 3.63) is 92.9 Å². The van der Waals surface area contributed by atoms with Gasteiger partial charge >= 0.3 is 0 Å². The number of nitrogens with one attached hydrogen (secondary N) is 1. The molecule has 0 saturated carbocycles. The van der Waals surface area contributed by atoms with E-state index in [-0.39, 0.29) is 38.7 Å². The third kappa shape index (κ3) is 4.61. The molecule has 0 aliphatic carbocycles. The number of aryl methyl sites for hydroxylation is 1. The van der Waals surface area contributed by atoms with E-state index in [2.05, 4.69) is 4.72 Å². The zero-order valence-electron chi connectivity index (χ0n) is 19.6. The number of halogens is 1. The molecule has 3 aromatic rings. The van der Waals surface area contributed by atoms with E-state index in [9.17, 15) is 23.2 Å². The first-order valence-corrected chi connectivity index (χ1v) is 12.7. The number of benzene rings is 2. The summed E-state index contributed by atoms with van der Waals surface area (Å²) in [6.07, 6.45) is 2.60. The normalized spacial score (nSPS) is 13.8. The Kier molecular flexibility index (Phi) is 6.11. The van der Waals surface area contributed by atoms with E-state index in [0.29, 0.717) is 10.3 Å². The Morgan fingerprint density at radius 3 is 2.26 bits per heavy atom. The van der Waals surface area contributed by atoms with Crippen LogP contribution in [0.3, 0.4) is 0 Å². The fourth-order valence-electron chi connectivity index (χ4n) is 3.86. The highest BCUT2D eigenvalue weighted by molar-refractivity contribution is 7.92. The van der Waals surface area contributed by atoms with Gasteiger partial charge in [0.15, 0.2) is 12.4 Å². The molecule has 0 fully saturated rings. The van der Waals surface area contributed by atoms with E-state index in [0.717, 1.165) is 16.0 Å². The molecule has 0 saturated heterocycles. The summed E-state index contributed by atoms with van der Waals surface area (Å²) >= 11 is 6.24. The van der Waals surface area contributed by atoms with Crippen molar-refractivity contribution < 1.29 is 22.7 Å². The minimum absolute atomic E-state index is 0.0164. The van der Waals surface area contributed by atoms with Gasteiger partial charge in [0.1, 0.15) is 0 Å². The number of hydrogen-bond donors (Lipinski definition) is 1. The topological polar surface area (TPSA) is 110 Å². The van der Waals surface area contributed by atoms with Gasteiger partial charge in [0.25, 0.3) is 21.8 Å². The molecule has 10 heteroatoms. The van der Waals surface area contributed by atoms with Crippen LogP contribution in [0.1, 0.15) is 58.2 Å². The van der Waals surface area contributed by atoms with E-state index >= 15 is 0 Å². The van der Waals surface area contributed by atoms with Crippen LogP contribution < -0.4 is 9.45 Å². The number of amides is 2. The summed E-state index contributed by atoms with van der Waals surface area (Å²) in [6, 6.07) is 10.8. The highest BCUT2D eigenvalue weighted by atomic mass is 35.5. The molecule has 35 heavy (non-hydrogen) atoms. The van der Waals surface area contributed by atoms with Crippen LogP contribution in [0.15, 0.2) is 59.8 Å². The molecule has 2 amide bonds. The second-order valence-corrected chi connectivity index (χ2v) is 11.5. The van der Waals surface area contributed by atoms with Crippen LogP contribution in [-0.4, -0.2) is 25.1 Å². The minimum Gasteiger partial charge on any atom is -0.619 e. The van der Waals surface area contributed by atoms with Crippen molar-refractivity contribution >= 4 is 39.1 Å². The van der Waals surface area contributed by atoms with Gasteiger partial charge in [-0.2, -0.15) is 4.73 Å². The molecule has 0 atom stereocenters. The number of nitrogens with zero attached hydrogens (tertiary/aromatic N) is 2. The molecule has 182 valence electrons. The standard InChI is InChI=1S/C25H24ClN3O5S/c1-15-11-12-28(32)13-16(15)14-29-23(30)21-19(26)9-10-20(22(21)24(29)31)27-35(33,34)18-7-5-17(6-8-18)25(2,3)4/h5-13,27H,14H2,1-4H3. The highest BCUT2D eigenvalue weighted by Gasteiger charge is 2.40. The largest absolute Gasteiger partial charge is 0.619 e. The van der Waals surface area contributed by atoms with Crippen LogP contribution in [0.2, 0.25) is 5.02 Å². The monoisotopic (exact) mass is 513 g/mol. The first-order chi connectivity index (χ1) is 16.3. The van der Waals surface area contributed by atoms with Crippen LogP contribution in [0.5, 0.6) is 0 Å². The van der Waals surface area contributed by atoms with Gasteiger partial charge in [0, 0.05) is 11.6 Å². The molecule has 4 rings (SSSR count). The van der Waals surface area contributed by atoms with E-state index in [1.54, 1.807) is 25.1 Å². The quantitative estimate of drug-likeness (QED) is 0.312. The number of carbonyl (C=O) groups is 2. The van der Waals surface area contributed by atoms with Crippen LogP contribution in [0.4, 0.5) is 5.69 Å². The average Bonchev–Trinajstić information content (AvgIpc) is 3.03. The minimum atomic E-state index is -4.06. The predicted octanol–water partition coefficient (Wildman–Crippen LogP) is 4.18. The maximum Gasteiger partial charge on any atom is 0.264 e. The molecule has 1 aliphatic rings. The van der Waals surface area contributed by atoms with Gasteiger partial charge in [0.05, 0.1) is 33.3 Å². The molecule has 0 unspecified atom stereocenters. The summed E-state index contributed by atoms with van der Waals surface area (Å²) in [7, 11) is -4.06. The Labute approximate surface area is 208 Å². The second-order valence-electron chi connectivity index (χ2n) is 9.43. The fraction of sp³-hybridized carbons (Fsp3) is 0.240. The Bertz CT molecular complexity index is 1460. The summed E-state index contributed by atoms with van der Waals surface area (Å²) in [4.78, 5) is 27.4. The van der Waals surface area contributed by atoms with Crippen molar-refractivity contribution in [2.75, 3.05) is 4.72 Å². The molecular formula is C25H24ClN3O5S. The summed E-state index contributed by atoms with van der Waals surface area (Å²) in [6.45, 7) is 7.66. The number of sulfonamides is 1. The van der Waals surface area contributed by atoms with Gasteiger partial charge in [-0.1, -0.05) is 44.5 Å². The smallest absolute Gasteiger partial charge is 0.264 e. The van der Waals surface area contributed by atoms with Crippen molar-refractivity contribution in [3.63, 3.8) is 0 Å². The van der Waals surface area contributed by atoms with Gasteiger partial charge in [0.2, 0.25) is 0 Å². The summed E-state index contributed by atoms with van der Waals surface area (Å²) < 4.78 is 29.2. The molecule has 2 aromatic carbocycles. The molecule has 0 spiro atoms. The molecular weight excluding hydrogens is 490 g/mol. The van der Waals surface area contributed by atoms with Crippen molar-refractivity contribution in [3.8, 4) is 0 Å². The Morgan fingerprint density at radius 2 is 1.63 bits per heavy atom. The van der Waals surface area contributed by atoms with Crippen molar-refractivity contribution in [1.29, 1.82) is 0 Å². The van der Waals surface area contributed by atoms with Gasteiger partial charge in [-0.3, -0.25) is 19.2 Å². The van der Waals surface area contributed by atoms with E-state index < -0.39 is 21.8 Å². The second kappa shape index (κ2) is 8.66. The van der Waals surface area contributed by atoms with Crippen LogP contribution in [-0.2, 0) is 22.0 Å². The predicted molar refractivity (Wildman–Crippen MR) is 132 cm³/mol. The highest BCUT2D eigenvalue weighted by Crippen LogP contribution is 2.36. The zero-order valence-corrected chi connectivity index (χ0v) is 21.2. The number of rotatable bonds is 5. The first kappa shape index (κ1) is 24.7. The van der Waals surface area contributed by atoms with E-state index in [1.165, 1.54) is 36.7 Å². The number of pyridine rings is 1. The number of imide groups is 1. The average molecular weight is 514 g/mol. The van der Waals surface area contributed by atoms with E-state index in [4.69, 9.17) is 11.6 Å². The molecule has 8 nitrogen and oxygen atoms in total. The first-order valence-electron chi connectivity index (χ1n) is 10.8. The Balaban J connectivity index is 1.69. The van der Waals surface area contributed by atoms with E-state index in [1.807, 2.05) is 20.8 Å². The van der Waals surface area contributed by atoms with Crippen molar-refractivity contribution in [2.24, 2.45) is 0 Å². The lowest BCUT2D eigenvalue weighted by Gasteiger charge is -2.19. The summed E-state index contributed by atoms with van der Waals surface area (Å²) in [5, 5.41) is 11.7. The molecule has 1 aliphatic heterocycles. The van der Waals surface area contributed by atoms with Gasteiger partial charge in [-0.15, -0.1) is 0 Å². The number of hydrogen-bond acceptors (Lipinski definition) is 5. The Hall–Kier alpha value is -3.43. The SMILES string of the molecule is Cc1cc[n+]([O-])cc1CN1C(=O)c2c(Cl)ccc(NS(=O)(=O)c3ccc(C(C)(C)C)cc3)c2C1=O. The lowest BCUT2D eigenvalue weighted by atomic mass is 9.87.